The number of thioether (sulfide) groups is 1. The van der Waals surface area contributed by atoms with Gasteiger partial charge in [0.15, 0.2) is 0 Å². The number of aliphatic hydroxyl groups is 1. The van der Waals surface area contributed by atoms with Crippen molar-refractivity contribution in [2.75, 3.05) is 26.0 Å². The van der Waals surface area contributed by atoms with Crippen LogP contribution >= 0.6 is 23.4 Å². The minimum atomic E-state index is -0.0287. The molecule has 1 fully saturated rings. The predicted octanol–water partition coefficient (Wildman–Crippen LogP) is 2.91. The maximum Gasteiger partial charge on any atom is 0.255 e. The van der Waals surface area contributed by atoms with E-state index >= 15 is 0 Å². The van der Waals surface area contributed by atoms with E-state index in [1.807, 2.05) is 18.4 Å². The molecule has 0 aromatic heterocycles. The van der Waals surface area contributed by atoms with Gasteiger partial charge in [-0.3, -0.25) is 4.79 Å². The molecule has 0 saturated carbocycles. The lowest BCUT2D eigenvalue weighted by Crippen LogP contribution is -2.41. The Balaban J connectivity index is 2.18. The lowest BCUT2D eigenvalue weighted by molar-refractivity contribution is 0.0620. The molecule has 1 aromatic carbocycles. The molecule has 1 aliphatic heterocycles. The fourth-order valence-electron chi connectivity index (χ4n) is 2.36. The van der Waals surface area contributed by atoms with Crippen molar-refractivity contribution in [2.45, 2.75) is 17.7 Å². The van der Waals surface area contributed by atoms with E-state index in [9.17, 15) is 9.90 Å². The molecule has 104 valence electrons. The predicted molar refractivity (Wildman–Crippen MR) is 78.9 cm³/mol. The van der Waals surface area contributed by atoms with Crippen LogP contribution in [0.25, 0.3) is 0 Å². The number of carbonyl (C=O) groups excluding carboxylic acids is 1. The number of hydrogen-bond donors (Lipinski definition) is 1. The number of rotatable bonds is 3. The van der Waals surface area contributed by atoms with Gasteiger partial charge in [-0.15, -0.1) is 11.8 Å². The maximum absolute atomic E-state index is 12.5. The monoisotopic (exact) mass is 299 g/mol. The van der Waals surface area contributed by atoms with Crippen LogP contribution in [0.2, 0.25) is 5.02 Å². The molecule has 1 aliphatic rings. The van der Waals surface area contributed by atoms with Gasteiger partial charge in [0.05, 0.1) is 10.6 Å². The SMILES string of the molecule is CSc1ccc(Cl)c(C(=O)N2CCCC(CO)C2)c1. The fraction of sp³-hybridized carbons (Fsp3) is 0.500. The number of benzene rings is 1. The van der Waals surface area contributed by atoms with E-state index in [-0.39, 0.29) is 18.4 Å². The minimum Gasteiger partial charge on any atom is -0.396 e. The summed E-state index contributed by atoms with van der Waals surface area (Å²) >= 11 is 7.72. The second kappa shape index (κ2) is 6.64. The van der Waals surface area contributed by atoms with Crippen molar-refractivity contribution in [3.05, 3.63) is 28.8 Å². The molecule has 1 N–H and O–H groups in total. The number of halogens is 1. The van der Waals surface area contributed by atoms with Gasteiger partial charge in [-0.25, -0.2) is 0 Å². The van der Waals surface area contributed by atoms with Crippen molar-refractivity contribution in [3.63, 3.8) is 0 Å². The lowest BCUT2D eigenvalue weighted by Gasteiger charge is -2.32. The Hall–Kier alpha value is -0.710. The van der Waals surface area contributed by atoms with Crippen molar-refractivity contribution >= 4 is 29.3 Å². The second-order valence-electron chi connectivity index (χ2n) is 4.79. The number of piperidine rings is 1. The maximum atomic E-state index is 12.5. The van der Waals surface area contributed by atoms with Crippen LogP contribution in [0.4, 0.5) is 0 Å². The van der Waals surface area contributed by atoms with E-state index in [4.69, 9.17) is 11.6 Å². The summed E-state index contributed by atoms with van der Waals surface area (Å²) in [5.41, 5.74) is 0.562. The number of nitrogens with zero attached hydrogens (tertiary/aromatic N) is 1. The van der Waals surface area contributed by atoms with Gasteiger partial charge in [0.2, 0.25) is 0 Å². The Labute approximate surface area is 122 Å². The number of aliphatic hydroxyl groups excluding tert-OH is 1. The number of likely N-dealkylation sites (tertiary alicyclic amines) is 1. The Morgan fingerprint density at radius 3 is 3.05 bits per heavy atom. The number of hydrogen-bond acceptors (Lipinski definition) is 3. The standard InChI is InChI=1S/C14H18ClNO2S/c1-19-11-4-5-13(15)12(7-11)14(18)16-6-2-3-10(8-16)9-17/h4-5,7,10,17H,2-3,6,8-9H2,1H3. The van der Waals surface area contributed by atoms with Crippen LogP contribution in [-0.2, 0) is 0 Å². The Bertz CT molecular complexity index is 467. The van der Waals surface area contributed by atoms with Crippen LogP contribution in [-0.4, -0.2) is 41.9 Å². The van der Waals surface area contributed by atoms with Gasteiger partial charge < -0.3 is 10.0 Å². The first kappa shape index (κ1) is 14.7. The van der Waals surface area contributed by atoms with Crippen molar-refractivity contribution in [1.82, 2.24) is 4.90 Å². The molecular formula is C14H18ClNO2S. The first-order valence-electron chi connectivity index (χ1n) is 6.39. The Kier molecular flexibility index (Phi) is 5.13. The van der Waals surface area contributed by atoms with Gasteiger partial charge in [-0.2, -0.15) is 0 Å². The normalized spacial score (nSPS) is 19.5. The van der Waals surface area contributed by atoms with Gasteiger partial charge in [-0.05, 0) is 43.2 Å². The average molecular weight is 300 g/mol. The Morgan fingerprint density at radius 2 is 2.37 bits per heavy atom. The zero-order chi connectivity index (χ0) is 13.8. The summed E-state index contributed by atoms with van der Waals surface area (Å²) in [4.78, 5) is 15.3. The van der Waals surface area contributed by atoms with Crippen LogP contribution < -0.4 is 0 Å². The van der Waals surface area contributed by atoms with E-state index < -0.39 is 0 Å². The van der Waals surface area contributed by atoms with E-state index in [2.05, 4.69) is 0 Å². The smallest absolute Gasteiger partial charge is 0.255 e. The Morgan fingerprint density at radius 1 is 1.58 bits per heavy atom. The van der Waals surface area contributed by atoms with Crippen LogP contribution in [0.5, 0.6) is 0 Å². The molecule has 1 amide bonds. The zero-order valence-corrected chi connectivity index (χ0v) is 12.5. The lowest BCUT2D eigenvalue weighted by atomic mass is 9.98. The molecule has 1 atom stereocenters. The van der Waals surface area contributed by atoms with Crippen LogP contribution in [0.3, 0.4) is 0 Å². The molecular weight excluding hydrogens is 282 g/mol. The van der Waals surface area contributed by atoms with Gasteiger partial charge in [0, 0.05) is 24.6 Å². The fourth-order valence-corrected chi connectivity index (χ4v) is 3.00. The van der Waals surface area contributed by atoms with Gasteiger partial charge in [0.25, 0.3) is 5.91 Å². The molecule has 1 heterocycles. The van der Waals surface area contributed by atoms with Crippen molar-refractivity contribution in [3.8, 4) is 0 Å². The quantitative estimate of drug-likeness (QED) is 0.873. The zero-order valence-electron chi connectivity index (χ0n) is 10.9. The van der Waals surface area contributed by atoms with Gasteiger partial charge >= 0.3 is 0 Å². The highest BCUT2D eigenvalue weighted by atomic mass is 35.5. The molecule has 0 radical (unpaired) electrons. The highest BCUT2D eigenvalue weighted by Gasteiger charge is 2.25. The molecule has 1 unspecified atom stereocenters. The third-order valence-electron chi connectivity index (χ3n) is 3.47. The van der Waals surface area contributed by atoms with E-state index in [1.54, 1.807) is 22.7 Å². The highest BCUT2D eigenvalue weighted by molar-refractivity contribution is 7.98. The molecule has 19 heavy (non-hydrogen) atoms. The third-order valence-corrected chi connectivity index (χ3v) is 4.52. The van der Waals surface area contributed by atoms with Gasteiger partial charge in [0.1, 0.15) is 0 Å². The highest BCUT2D eigenvalue weighted by Crippen LogP contribution is 2.26. The minimum absolute atomic E-state index is 0.0287. The molecule has 2 rings (SSSR count). The molecule has 0 spiro atoms. The second-order valence-corrected chi connectivity index (χ2v) is 6.07. The summed E-state index contributed by atoms with van der Waals surface area (Å²) < 4.78 is 0. The summed E-state index contributed by atoms with van der Waals surface area (Å²) in [6, 6.07) is 5.53. The summed E-state index contributed by atoms with van der Waals surface area (Å²) in [6.07, 6.45) is 3.90. The molecule has 3 nitrogen and oxygen atoms in total. The van der Waals surface area contributed by atoms with Crippen LogP contribution in [0, 0.1) is 5.92 Å². The summed E-state index contributed by atoms with van der Waals surface area (Å²) in [6.45, 7) is 1.51. The number of amides is 1. The molecule has 0 bridgehead atoms. The third kappa shape index (κ3) is 3.44. The van der Waals surface area contributed by atoms with Gasteiger partial charge in [-0.1, -0.05) is 11.6 Å². The molecule has 5 heteroatoms. The van der Waals surface area contributed by atoms with E-state index in [0.717, 1.165) is 24.3 Å². The number of carbonyl (C=O) groups is 1. The summed E-state index contributed by atoms with van der Waals surface area (Å²) in [7, 11) is 0. The molecule has 0 aliphatic carbocycles. The summed E-state index contributed by atoms with van der Waals surface area (Å²) in [5, 5.41) is 9.72. The van der Waals surface area contributed by atoms with Crippen molar-refractivity contribution in [1.29, 1.82) is 0 Å². The topological polar surface area (TPSA) is 40.5 Å². The van der Waals surface area contributed by atoms with Crippen molar-refractivity contribution in [2.24, 2.45) is 5.92 Å². The first-order chi connectivity index (χ1) is 9.15. The molecule has 1 saturated heterocycles. The van der Waals surface area contributed by atoms with Crippen molar-refractivity contribution < 1.29 is 9.90 Å². The van der Waals surface area contributed by atoms with E-state index in [0.29, 0.717) is 17.1 Å². The average Bonchev–Trinajstić information content (AvgIpc) is 2.47. The first-order valence-corrected chi connectivity index (χ1v) is 7.99. The van der Waals surface area contributed by atoms with E-state index in [1.165, 1.54) is 0 Å². The van der Waals surface area contributed by atoms with Crippen LogP contribution in [0.1, 0.15) is 23.2 Å². The van der Waals surface area contributed by atoms with Crippen LogP contribution in [0.15, 0.2) is 23.1 Å². The summed E-state index contributed by atoms with van der Waals surface area (Å²) in [5.74, 6) is 0.166. The molecule has 1 aromatic rings. The largest absolute Gasteiger partial charge is 0.396 e.